The molecular formula is C15H15ClN2. The van der Waals surface area contributed by atoms with Gasteiger partial charge in [-0.15, -0.1) is 0 Å². The summed E-state index contributed by atoms with van der Waals surface area (Å²) in [6.45, 7) is 5.77. The smallest absolute Gasteiger partial charge is 0.133 e. The number of allylic oxidation sites excluding steroid dienone is 2. The number of fused-ring (bicyclic) bond motifs is 1. The Morgan fingerprint density at radius 2 is 2.17 bits per heavy atom. The first-order valence-corrected chi connectivity index (χ1v) is 6.12. The maximum atomic E-state index is 6.00. The maximum Gasteiger partial charge on any atom is 0.133 e. The van der Waals surface area contributed by atoms with Crippen LogP contribution in [0.25, 0.3) is 17.0 Å². The van der Waals surface area contributed by atoms with Crippen molar-refractivity contribution in [2.75, 3.05) is 12.4 Å². The zero-order chi connectivity index (χ0) is 13.1. The van der Waals surface area contributed by atoms with E-state index in [1.807, 2.05) is 37.4 Å². The van der Waals surface area contributed by atoms with Crippen molar-refractivity contribution in [1.29, 1.82) is 0 Å². The number of aromatic nitrogens is 1. The molecule has 0 unspecified atom stereocenters. The molecule has 2 rings (SSSR count). The van der Waals surface area contributed by atoms with Gasteiger partial charge < -0.3 is 5.32 Å². The van der Waals surface area contributed by atoms with Crippen molar-refractivity contribution in [3.05, 3.63) is 53.1 Å². The highest BCUT2D eigenvalue weighted by Crippen LogP contribution is 2.28. The summed E-state index contributed by atoms with van der Waals surface area (Å²) < 4.78 is 0. The Bertz CT molecular complexity index is 630. The number of hydrogen-bond acceptors (Lipinski definition) is 2. The predicted molar refractivity (Wildman–Crippen MR) is 80.3 cm³/mol. The standard InChI is InChI=1S/C15H15ClN2/c1-4-5-6-13-10(2)12-8-7-11(16)9-14(12)18-15(13)17-3/h4-9H,1H2,2-3H3,(H,17,18)/b6-5-. The van der Waals surface area contributed by atoms with Gasteiger partial charge in [-0.2, -0.15) is 0 Å². The van der Waals surface area contributed by atoms with Crippen LogP contribution < -0.4 is 5.32 Å². The van der Waals surface area contributed by atoms with E-state index in [0.29, 0.717) is 5.02 Å². The van der Waals surface area contributed by atoms with E-state index in [-0.39, 0.29) is 0 Å². The summed E-state index contributed by atoms with van der Waals surface area (Å²) in [6, 6.07) is 5.77. The molecule has 0 radical (unpaired) electrons. The first-order chi connectivity index (χ1) is 8.67. The van der Waals surface area contributed by atoms with Crippen molar-refractivity contribution in [2.24, 2.45) is 0 Å². The summed E-state index contributed by atoms with van der Waals surface area (Å²) in [5.74, 6) is 0.848. The van der Waals surface area contributed by atoms with Crippen molar-refractivity contribution < 1.29 is 0 Å². The Kier molecular flexibility index (Phi) is 3.68. The molecule has 1 heterocycles. The van der Waals surface area contributed by atoms with Crippen LogP contribution in [0.15, 0.2) is 36.9 Å². The van der Waals surface area contributed by atoms with Crippen LogP contribution in [0.5, 0.6) is 0 Å². The Morgan fingerprint density at radius 1 is 1.39 bits per heavy atom. The zero-order valence-electron chi connectivity index (χ0n) is 10.5. The molecule has 0 saturated carbocycles. The van der Waals surface area contributed by atoms with Gasteiger partial charge in [0.1, 0.15) is 5.82 Å². The Labute approximate surface area is 112 Å². The van der Waals surface area contributed by atoms with Gasteiger partial charge in [0.25, 0.3) is 0 Å². The van der Waals surface area contributed by atoms with E-state index >= 15 is 0 Å². The second-order valence-corrected chi connectivity index (χ2v) is 4.44. The highest BCUT2D eigenvalue weighted by Gasteiger charge is 2.09. The quantitative estimate of drug-likeness (QED) is 0.824. The number of hydrogen-bond donors (Lipinski definition) is 1. The molecule has 2 nitrogen and oxygen atoms in total. The lowest BCUT2D eigenvalue weighted by Gasteiger charge is -2.11. The third kappa shape index (κ3) is 2.24. The molecule has 18 heavy (non-hydrogen) atoms. The lowest BCUT2D eigenvalue weighted by Crippen LogP contribution is -1.99. The van der Waals surface area contributed by atoms with Crippen LogP contribution >= 0.6 is 11.6 Å². The van der Waals surface area contributed by atoms with Crippen LogP contribution in [0.3, 0.4) is 0 Å². The molecule has 0 bridgehead atoms. The van der Waals surface area contributed by atoms with Gasteiger partial charge in [-0.25, -0.2) is 4.98 Å². The molecule has 1 N–H and O–H groups in total. The average Bonchev–Trinajstić information content (AvgIpc) is 2.37. The lowest BCUT2D eigenvalue weighted by molar-refractivity contribution is 1.30. The Hall–Kier alpha value is -1.80. The minimum atomic E-state index is 0.700. The van der Waals surface area contributed by atoms with Crippen LogP contribution in [-0.4, -0.2) is 12.0 Å². The number of nitrogens with one attached hydrogen (secondary N) is 1. The van der Waals surface area contributed by atoms with Crippen LogP contribution in [0, 0.1) is 6.92 Å². The predicted octanol–water partition coefficient (Wildman–Crippen LogP) is 4.44. The maximum absolute atomic E-state index is 6.00. The normalized spacial score (nSPS) is 11.1. The number of rotatable bonds is 3. The highest BCUT2D eigenvalue weighted by molar-refractivity contribution is 6.31. The molecule has 1 aromatic heterocycles. The molecule has 92 valence electrons. The molecule has 0 fully saturated rings. The Morgan fingerprint density at radius 3 is 2.83 bits per heavy atom. The molecule has 0 aliphatic carbocycles. The van der Waals surface area contributed by atoms with E-state index in [2.05, 4.69) is 23.8 Å². The molecule has 0 amide bonds. The molecule has 0 aliphatic rings. The fraction of sp³-hybridized carbons (Fsp3) is 0.133. The number of halogens is 1. The molecule has 1 aromatic carbocycles. The Balaban J connectivity index is 2.77. The van der Waals surface area contributed by atoms with E-state index in [1.54, 1.807) is 6.08 Å². The SMILES string of the molecule is C=C/C=C\c1c(NC)nc2cc(Cl)ccc2c1C. The second kappa shape index (κ2) is 5.23. The first-order valence-electron chi connectivity index (χ1n) is 5.74. The molecule has 2 aromatic rings. The first kappa shape index (κ1) is 12.7. The molecule has 0 atom stereocenters. The van der Waals surface area contributed by atoms with Gasteiger partial charge in [0.15, 0.2) is 0 Å². The summed E-state index contributed by atoms with van der Waals surface area (Å²) >= 11 is 6.00. The fourth-order valence-electron chi connectivity index (χ4n) is 1.98. The number of aryl methyl sites for hydroxylation is 1. The van der Waals surface area contributed by atoms with Crippen molar-refractivity contribution in [1.82, 2.24) is 4.98 Å². The topological polar surface area (TPSA) is 24.9 Å². The number of pyridine rings is 1. The minimum Gasteiger partial charge on any atom is -0.373 e. The highest BCUT2D eigenvalue weighted by atomic mass is 35.5. The number of nitrogens with zero attached hydrogens (tertiary/aromatic N) is 1. The number of anilines is 1. The third-order valence-electron chi connectivity index (χ3n) is 2.89. The summed E-state index contributed by atoms with van der Waals surface area (Å²) in [4.78, 5) is 4.59. The lowest BCUT2D eigenvalue weighted by atomic mass is 10.0. The van der Waals surface area contributed by atoms with Crippen LogP contribution in [0.2, 0.25) is 5.02 Å². The van der Waals surface area contributed by atoms with Crippen LogP contribution in [-0.2, 0) is 0 Å². The van der Waals surface area contributed by atoms with Gasteiger partial charge in [-0.05, 0) is 24.6 Å². The summed E-state index contributed by atoms with van der Waals surface area (Å²) in [5.41, 5.74) is 3.16. The van der Waals surface area contributed by atoms with Crippen LogP contribution in [0.1, 0.15) is 11.1 Å². The van der Waals surface area contributed by atoms with E-state index in [9.17, 15) is 0 Å². The molecule has 3 heteroatoms. The van der Waals surface area contributed by atoms with E-state index in [1.165, 1.54) is 5.56 Å². The largest absolute Gasteiger partial charge is 0.373 e. The van der Waals surface area contributed by atoms with Gasteiger partial charge >= 0.3 is 0 Å². The summed E-state index contributed by atoms with van der Waals surface area (Å²) in [6.07, 6.45) is 5.67. The summed E-state index contributed by atoms with van der Waals surface area (Å²) in [7, 11) is 1.86. The van der Waals surface area contributed by atoms with Crippen molar-refractivity contribution in [3.63, 3.8) is 0 Å². The van der Waals surface area contributed by atoms with Crippen molar-refractivity contribution >= 4 is 34.4 Å². The molecule has 0 spiro atoms. The van der Waals surface area contributed by atoms with Gasteiger partial charge in [0.2, 0.25) is 0 Å². The monoisotopic (exact) mass is 258 g/mol. The van der Waals surface area contributed by atoms with E-state index in [0.717, 1.165) is 22.3 Å². The van der Waals surface area contributed by atoms with E-state index in [4.69, 9.17) is 11.6 Å². The molecule has 0 aliphatic heterocycles. The molecule has 0 saturated heterocycles. The van der Waals surface area contributed by atoms with Crippen LogP contribution in [0.4, 0.5) is 5.82 Å². The zero-order valence-corrected chi connectivity index (χ0v) is 11.3. The molecular weight excluding hydrogens is 244 g/mol. The van der Waals surface area contributed by atoms with Gasteiger partial charge in [0, 0.05) is 23.0 Å². The summed E-state index contributed by atoms with van der Waals surface area (Å²) in [5, 5.41) is 4.93. The third-order valence-corrected chi connectivity index (χ3v) is 3.13. The second-order valence-electron chi connectivity index (χ2n) is 4.01. The number of benzene rings is 1. The fourth-order valence-corrected chi connectivity index (χ4v) is 2.14. The van der Waals surface area contributed by atoms with Gasteiger partial charge in [0.05, 0.1) is 5.52 Å². The van der Waals surface area contributed by atoms with Gasteiger partial charge in [-0.1, -0.05) is 42.5 Å². The van der Waals surface area contributed by atoms with Crippen molar-refractivity contribution in [3.8, 4) is 0 Å². The van der Waals surface area contributed by atoms with Gasteiger partial charge in [-0.3, -0.25) is 0 Å². The average molecular weight is 259 g/mol. The van der Waals surface area contributed by atoms with Crippen molar-refractivity contribution in [2.45, 2.75) is 6.92 Å². The minimum absolute atomic E-state index is 0.700. The van der Waals surface area contributed by atoms with E-state index < -0.39 is 0 Å².